The highest BCUT2D eigenvalue weighted by molar-refractivity contribution is 6.06. The Kier molecular flexibility index (Phi) is 5.04. The van der Waals surface area contributed by atoms with Gasteiger partial charge < -0.3 is 9.47 Å². The Labute approximate surface area is 127 Å². The number of carbonyl (C=O) groups is 1. The van der Waals surface area contributed by atoms with Crippen LogP contribution in [0.1, 0.15) is 60.5 Å². The molecule has 0 spiro atoms. The molecule has 2 rings (SSSR count). The molecule has 0 aliphatic heterocycles. The first-order chi connectivity index (χ1) is 10.0. The lowest BCUT2D eigenvalue weighted by atomic mass is 9.78. The third-order valence-corrected chi connectivity index (χ3v) is 4.39. The maximum atomic E-state index is 13.2. The molecule has 1 aliphatic rings. The summed E-state index contributed by atoms with van der Waals surface area (Å²) in [4.78, 5) is 13.2. The normalized spacial score (nSPS) is 17.5. The Hall–Kier alpha value is -1.35. The zero-order valence-corrected chi connectivity index (χ0v) is 13.6. The highest BCUT2D eigenvalue weighted by Crippen LogP contribution is 2.38. The molecule has 1 aromatic carbocycles. The number of Topliss-reactive ketones (excluding diaryl/α,β-unsaturated/α-hetero) is 1. The van der Waals surface area contributed by atoms with Crippen molar-refractivity contribution < 1.29 is 14.3 Å². The molecular weight excluding hydrogens is 264 g/mol. The van der Waals surface area contributed by atoms with Crippen molar-refractivity contribution in [3.8, 4) is 5.75 Å². The second-order valence-corrected chi connectivity index (χ2v) is 5.98. The summed E-state index contributed by atoms with van der Waals surface area (Å²) >= 11 is 0. The summed E-state index contributed by atoms with van der Waals surface area (Å²) in [5, 5.41) is 0. The van der Waals surface area contributed by atoms with E-state index in [4.69, 9.17) is 9.47 Å². The van der Waals surface area contributed by atoms with E-state index in [0.29, 0.717) is 17.9 Å². The van der Waals surface area contributed by atoms with Crippen LogP contribution in [0.3, 0.4) is 0 Å². The Morgan fingerprint density at radius 1 is 1.19 bits per heavy atom. The molecule has 0 N–H and O–H groups in total. The van der Waals surface area contributed by atoms with Gasteiger partial charge in [0.25, 0.3) is 0 Å². The minimum atomic E-state index is -0.652. The average molecular weight is 290 g/mol. The maximum absolute atomic E-state index is 13.2. The van der Waals surface area contributed by atoms with E-state index in [1.54, 1.807) is 7.11 Å². The van der Waals surface area contributed by atoms with Gasteiger partial charge in [0.05, 0.1) is 12.7 Å². The van der Waals surface area contributed by atoms with Crippen LogP contribution < -0.4 is 4.74 Å². The molecule has 0 bridgehead atoms. The Morgan fingerprint density at radius 3 is 2.43 bits per heavy atom. The SMILES string of the molecule is CCOC1(C(=O)c2c(C)cc(C)cc2OC)CCCCC1. The van der Waals surface area contributed by atoms with E-state index in [9.17, 15) is 4.79 Å². The molecule has 3 heteroatoms. The van der Waals surface area contributed by atoms with E-state index in [-0.39, 0.29) is 5.78 Å². The summed E-state index contributed by atoms with van der Waals surface area (Å²) in [7, 11) is 1.62. The predicted molar refractivity (Wildman–Crippen MR) is 84.2 cm³/mol. The van der Waals surface area contributed by atoms with Crippen molar-refractivity contribution in [2.75, 3.05) is 13.7 Å². The lowest BCUT2D eigenvalue weighted by Crippen LogP contribution is -2.44. The van der Waals surface area contributed by atoms with Crippen molar-refractivity contribution >= 4 is 5.78 Å². The summed E-state index contributed by atoms with van der Waals surface area (Å²) in [6, 6.07) is 3.97. The topological polar surface area (TPSA) is 35.5 Å². The van der Waals surface area contributed by atoms with Crippen molar-refractivity contribution in [1.29, 1.82) is 0 Å². The Morgan fingerprint density at radius 2 is 1.86 bits per heavy atom. The van der Waals surface area contributed by atoms with E-state index < -0.39 is 5.60 Å². The first-order valence-electron chi connectivity index (χ1n) is 7.88. The quantitative estimate of drug-likeness (QED) is 0.761. The third kappa shape index (κ3) is 3.13. The van der Waals surface area contributed by atoms with Gasteiger partial charge in [0.15, 0.2) is 5.78 Å². The molecule has 116 valence electrons. The molecule has 0 unspecified atom stereocenters. The first-order valence-corrected chi connectivity index (χ1v) is 7.88. The summed E-state index contributed by atoms with van der Waals surface area (Å²) in [5.74, 6) is 0.764. The fraction of sp³-hybridized carbons (Fsp3) is 0.611. The average Bonchev–Trinajstić information content (AvgIpc) is 2.47. The number of hydrogen-bond acceptors (Lipinski definition) is 3. The summed E-state index contributed by atoms with van der Waals surface area (Å²) < 4.78 is 11.4. The third-order valence-electron chi connectivity index (χ3n) is 4.39. The minimum Gasteiger partial charge on any atom is -0.496 e. The molecule has 0 radical (unpaired) electrons. The molecular formula is C18H26O3. The van der Waals surface area contributed by atoms with Gasteiger partial charge in [0.1, 0.15) is 11.4 Å². The molecule has 0 aromatic heterocycles. The predicted octanol–water partition coefficient (Wildman–Crippen LogP) is 4.23. The zero-order valence-electron chi connectivity index (χ0n) is 13.6. The van der Waals surface area contributed by atoms with Crippen molar-refractivity contribution in [3.05, 3.63) is 28.8 Å². The molecule has 1 aromatic rings. The van der Waals surface area contributed by atoms with Gasteiger partial charge in [0.2, 0.25) is 0 Å². The molecule has 3 nitrogen and oxygen atoms in total. The molecule has 0 amide bonds. The van der Waals surface area contributed by atoms with Gasteiger partial charge >= 0.3 is 0 Å². The van der Waals surface area contributed by atoms with Crippen LogP contribution in [0, 0.1) is 13.8 Å². The van der Waals surface area contributed by atoms with Gasteiger partial charge in [-0.25, -0.2) is 0 Å². The van der Waals surface area contributed by atoms with Crippen LogP contribution in [0.2, 0.25) is 0 Å². The van der Waals surface area contributed by atoms with Crippen LogP contribution in [-0.4, -0.2) is 25.1 Å². The molecule has 1 aliphatic carbocycles. The molecule has 0 atom stereocenters. The van der Waals surface area contributed by atoms with Crippen LogP contribution >= 0.6 is 0 Å². The van der Waals surface area contributed by atoms with Gasteiger partial charge in [0, 0.05) is 6.61 Å². The summed E-state index contributed by atoms with van der Waals surface area (Å²) in [6.45, 7) is 6.52. The standard InChI is InChI=1S/C18H26O3/c1-5-21-18(9-7-6-8-10-18)17(19)16-14(3)11-13(2)12-15(16)20-4/h11-12H,5-10H2,1-4H3. The highest BCUT2D eigenvalue weighted by atomic mass is 16.5. The summed E-state index contributed by atoms with van der Waals surface area (Å²) in [6.07, 6.45) is 4.93. The van der Waals surface area contributed by atoms with Crippen molar-refractivity contribution in [2.45, 2.75) is 58.5 Å². The number of methoxy groups -OCH3 is 1. The number of ether oxygens (including phenoxy) is 2. The van der Waals surface area contributed by atoms with Gasteiger partial charge in [-0.3, -0.25) is 4.79 Å². The van der Waals surface area contributed by atoms with Crippen LogP contribution in [0.25, 0.3) is 0 Å². The van der Waals surface area contributed by atoms with E-state index in [2.05, 4.69) is 0 Å². The fourth-order valence-corrected chi connectivity index (χ4v) is 3.44. The van der Waals surface area contributed by atoms with E-state index in [1.165, 1.54) is 6.42 Å². The van der Waals surface area contributed by atoms with E-state index in [1.807, 2.05) is 32.9 Å². The Bertz CT molecular complexity index is 508. The monoisotopic (exact) mass is 290 g/mol. The number of carbonyl (C=O) groups excluding carboxylic acids is 1. The number of benzene rings is 1. The van der Waals surface area contributed by atoms with E-state index in [0.717, 1.165) is 36.8 Å². The number of ketones is 1. The van der Waals surface area contributed by atoms with Crippen molar-refractivity contribution in [1.82, 2.24) is 0 Å². The molecule has 21 heavy (non-hydrogen) atoms. The number of hydrogen-bond donors (Lipinski definition) is 0. The Balaban J connectivity index is 2.46. The van der Waals surface area contributed by atoms with Gasteiger partial charge in [-0.15, -0.1) is 0 Å². The van der Waals surface area contributed by atoms with Gasteiger partial charge in [-0.2, -0.15) is 0 Å². The fourth-order valence-electron chi connectivity index (χ4n) is 3.44. The largest absolute Gasteiger partial charge is 0.496 e. The second kappa shape index (κ2) is 6.61. The highest BCUT2D eigenvalue weighted by Gasteiger charge is 2.42. The molecule has 0 saturated heterocycles. The van der Waals surface area contributed by atoms with Gasteiger partial charge in [-0.1, -0.05) is 25.3 Å². The first kappa shape index (κ1) is 16.0. The minimum absolute atomic E-state index is 0.0957. The van der Waals surface area contributed by atoms with Crippen molar-refractivity contribution in [2.24, 2.45) is 0 Å². The number of aryl methyl sites for hydroxylation is 2. The lowest BCUT2D eigenvalue weighted by Gasteiger charge is -2.36. The lowest BCUT2D eigenvalue weighted by molar-refractivity contribution is -0.0412. The zero-order chi connectivity index (χ0) is 15.5. The van der Waals surface area contributed by atoms with Crippen molar-refractivity contribution in [3.63, 3.8) is 0 Å². The van der Waals surface area contributed by atoms with Crippen LogP contribution in [-0.2, 0) is 4.74 Å². The second-order valence-electron chi connectivity index (χ2n) is 5.98. The number of rotatable bonds is 5. The van der Waals surface area contributed by atoms with E-state index >= 15 is 0 Å². The maximum Gasteiger partial charge on any atom is 0.198 e. The molecule has 0 heterocycles. The smallest absolute Gasteiger partial charge is 0.198 e. The van der Waals surface area contributed by atoms with Crippen LogP contribution in [0.5, 0.6) is 5.75 Å². The van der Waals surface area contributed by atoms with Crippen LogP contribution in [0.4, 0.5) is 0 Å². The van der Waals surface area contributed by atoms with Crippen LogP contribution in [0.15, 0.2) is 12.1 Å². The summed E-state index contributed by atoms with van der Waals surface area (Å²) in [5.41, 5.74) is 2.12. The molecule has 1 saturated carbocycles. The molecule has 1 fully saturated rings. The van der Waals surface area contributed by atoms with Gasteiger partial charge in [-0.05, 0) is 50.8 Å².